The second-order valence-corrected chi connectivity index (χ2v) is 7.19. The molecule has 0 saturated heterocycles. The predicted molar refractivity (Wildman–Crippen MR) is 122 cm³/mol. The Balaban J connectivity index is 1.59. The zero-order chi connectivity index (χ0) is 21.3. The van der Waals surface area contributed by atoms with E-state index in [1.165, 1.54) is 16.8 Å². The molecular weight excluding hydrogens is 374 g/mol. The van der Waals surface area contributed by atoms with Gasteiger partial charge in [0, 0.05) is 43.8 Å². The Morgan fingerprint density at radius 3 is 2.50 bits per heavy atom. The van der Waals surface area contributed by atoms with Gasteiger partial charge in [0.25, 0.3) is 0 Å². The number of nitrogens with zero attached hydrogens (tertiary/aromatic N) is 5. The summed E-state index contributed by atoms with van der Waals surface area (Å²) in [5.41, 5.74) is 6.02. The molecule has 0 spiro atoms. The Kier molecular flexibility index (Phi) is 7.65. The van der Waals surface area contributed by atoms with Gasteiger partial charge in [0.2, 0.25) is 0 Å². The van der Waals surface area contributed by atoms with Crippen LogP contribution in [-0.4, -0.2) is 38.6 Å². The highest BCUT2D eigenvalue weighted by Crippen LogP contribution is 2.16. The standard InChI is InChI=1S/C23H33N7/c1-5-21-20(22(6-2)29(4)28-21)17-26-23(24-7-3)25-15-13-18-9-11-19(12-10-18)30-16-8-14-27-30/h8-12,14,16H,5-7,13,15,17H2,1-4H3,(H2,24,25,26). The fourth-order valence-electron chi connectivity index (χ4n) is 3.63. The first kappa shape index (κ1) is 21.6. The van der Waals surface area contributed by atoms with Gasteiger partial charge in [-0.05, 0) is 49.9 Å². The molecule has 0 atom stereocenters. The van der Waals surface area contributed by atoms with Gasteiger partial charge in [0.05, 0.1) is 17.9 Å². The van der Waals surface area contributed by atoms with Gasteiger partial charge in [-0.15, -0.1) is 0 Å². The van der Waals surface area contributed by atoms with E-state index in [2.05, 4.69) is 65.9 Å². The molecule has 0 aliphatic rings. The van der Waals surface area contributed by atoms with Crippen molar-refractivity contribution in [2.24, 2.45) is 12.0 Å². The van der Waals surface area contributed by atoms with Crippen LogP contribution in [0.25, 0.3) is 5.69 Å². The van der Waals surface area contributed by atoms with E-state index in [0.717, 1.165) is 49.7 Å². The number of hydrogen-bond donors (Lipinski definition) is 2. The van der Waals surface area contributed by atoms with Crippen LogP contribution in [0.2, 0.25) is 0 Å². The predicted octanol–water partition coefficient (Wildman–Crippen LogP) is 3.03. The smallest absolute Gasteiger partial charge is 0.191 e. The van der Waals surface area contributed by atoms with Crippen LogP contribution in [-0.2, 0) is 32.9 Å². The SMILES string of the molecule is CCNC(=NCc1c(CC)nn(C)c1CC)NCCc1ccc(-n2cccn2)cc1. The van der Waals surface area contributed by atoms with E-state index in [1.807, 2.05) is 28.7 Å². The van der Waals surface area contributed by atoms with Crippen molar-refractivity contribution < 1.29 is 0 Å². The maximum Gasteiger partial charge on any atom is 0.191 e. The van der Waals surface area contributed by atoms with Gasteiger partial charge in [-0.2, -0.15) is 10.2 Å². The van der Waals surface area contributed by atoms with Crippen LogP contribution in [0.1, 0.15) is 43.3 Å². The average Bonchev–Trinajstić information content (AvgIpc) is 3.40. The van der Waals surface area contributed by atoms with E-state index in [0.29, 0.717) is 6.54 Å². The molecule has 160 valence electrons. The Morgan fingerprint density at radius 2 is 1.87 bits per heavy atom. The third-order valence-electron chi connectivity index (χ3n) is 5.18. The minimum absolute atomic E-state index is 0.647. The normalized spacial score (nSPS) is 11.7. The fourth-order valence-corrected chi connectivity index (χ4v) is 3.63. The summed E-state index contributed by atoms with van der Waals surface area (Å²) in [6, 6.07) is 10.4. The molecule has 2 heterocycles. The zero-order valence-corrected chi connectivity index (χ0v) is 18.5. The van der Waals surface area contributed by atoms with Gasteiger partial charge in [-0.25, -0.2) is 9.67 Å². The van der Waals surface area contributed by atoms with Gasteiger partial charge in [-0.1, -0.05) is 26.0 Å². The minimum atomic E-state index is 0.647. The van der Waals surface area contributed by atoms with Crippen molar-refractivity contribution in [3.05, 3.63) is 65.2 Å². The van der Waals surface area contributed by atoms with Gasteiger partial charge < -0.3 is 10.6 Å². The van der Waals surface area contributed by atoms with E-state index in [-0.39, 0.29) is 0 Å². The molecule has 3 aromatic rings. The van der Waals surface area contributed by atoms with Gasteiger partial charge in [0.15, 0.2) is 5.96 Å². The quantitative estimate of drug-likeness (QED) is 0.422. The second kappa shape index (κ2) is 10.6. The summed E-state index contributed by atoms with van der Waals surface area (Å²) in [5, 5.41) is 15.7. The molecular formula is C23H33N7. The molecule has 0 fully saturated rings. The van der Waals surface area contributed by atoms with Crippen LogP contribution in [0.15, 0.2) is 47.7 Å². The maximum atomic E-state index is 4.82. The van der Waals surface area contributed by atoms with Gasteiger partial charge >= 0.3 is 0 Å². The van der Waals surface area contributed by atoms with Crippen molar-refractivity contribution >= 4 is 5.96 Å². The third kappa shape index (κ3) is 5.28. The Labute approximate surface area is 179 Å². The van der Waals surface area contributed by atoms with Crippen molar-refractivity contribution in [3.63, 3.8) is 0 Å². The zero-order valence-electron chi connectivity index (χ0n) is 18.5. The van der Waals surface area contributed by atoms with Gasteiger partial charge in [0.1, 0.15) is 0 Å². The lowest BCUT2D eigenvalue weighted by atomic mass is 10.1. The van der Waals surface area contributed by atoms with Crippen LogP contribution in [0.3, 0.4) is 0 Å². The lowest BCUT2D eigenvalue weighted by Gasteiger charge is -2.12. The summed E-state index contributed by atoms with van der Waals surface area (Å²) < 4.78 is 3.86. The largest absolute Gasteiger partial charge is 0.357 e. The van der Waals surface area contributed by atoms with Gasteiger partial charge in [-0.3, -0.25) is 4.68 Å². The lowest BCUT2D eigenvalue weighted by molar-refractivity contribution is 0.703. The van der Waals surface area contributed by atoms with Crippen LogP contribution in [0.4, 0.5) is 0 Å². The summed E-state index contributed by atoms with van der Waals surface area (Å²) in [6.45, 7) is 8.71. The summed E-state index contributed by atoms with van der Waals surface area (Å²) in [5.74, 6) is 0.846. The molecule has 0 aliphatic heterocycles. The third-order valence-corrected chi connectivity index (χ3v) is 5.18. The number of hydrogen-bond acceptors (Lipinski definition) is 3. The first-order valence-electron chi connectivity index (χ1n) is 10.8. The monoisotopic (exact) mass is 407 g/mol. The highest BCUT2D eigenvalue weighted by molar-refractivity contribution is 5.79. The summed E-state index contributed by atoms with van der Waals surface area (Å²) in [6.07, 6.45) is 6.56. The average molecular weight is 408 g/mol. The minimum Gasteiger partial charge on any atom is -0.357 e. The number of benzene rings is 1. The summed E-state index contributed by atoms with van der Waals surface area (Å²) in [4.78, 5) is 4.82. The molecule has 0 amide bonds. The Hall–Kier alpha value is -3.09. The van der Waals surface area contributed by atoms with Crippen molar-refractivity contribution in [1.82, 2.24) is 30.2 Å². The van der Waals surface area contributed by atoms with E-state index in [4.69, 9.17) is 4.99 Å². The summed E-state index contributed by atoms with van der Waals surface area (Å²) in [7, 11) is 2.02. The van der Waals surface area contributed by atoms with E-state index in [9.17, 15) is 0 Å². The molecule has 7 heteroatoms. The van der Waals surface area contributed by atoms with Crippen molar-refractivity contribution in [2.75, 3.05) is 13.1 Å². The molecule has 7 nitrogen and oxygen atoms in total. The van der Waals surface area contributed by atoms with Crippen LogP contribution < -0.4 is 10.6 Å². The van der Waals surface area contributed by atoms with Crippen molar-refractivity contribution in [1.29, 1.82) is 0 Å². The molecule has 0 bridgehead atoms. The van der Waals surface area contributed by atoms with Crippen LogP contribution in [0.5, 0.6) is 0 Å². The molecule has 0 aliphatic carbocycles. The Bertz CT molecular complexity index is 937. The molecule has 0 saturated carbocycles. The molecule has 0 radical (unpaired) electrons. The molecule has 30 heavy (non-hydrogen) atoms. The first-order valence-corrected chi connectivity index (χ1v) is 10.8. The molecule has 2 N–H and O–H groups in total. The van der Waals surface area contributed by atoms with Crippen molar-refractivity contribution in [3.8, 4) is 5.69 Å². The first-order chi connectivity index (χ1) is 14.7. The second-order valence-electron chi connectivity index (χ2n) is 7.19. The summed E-state index contributed by atoms with van der Waals surface area (Å²) >= 11 is 0. The van der Waals surface area contributed by atoms with Crippen molar-refractivity contribution in [2.45, 2.75) is 46.6 Å². The number of aliphatic imine (C=N–C) groups is 1. The number of aryl methyl sites for hydroxylation is 2. The van der Waals surface area contributed by atoms with E-state index in [1.54, 1.807) is 6.20 Å². The van der Waals surface area contributed by atoms with Crippen LogP contribution in [0, 0.1) is 0 Å². The number of guanidine groups is 1. The molecule has 2 aromatic heterocycles. The van der Waals surface area contributed by atoms with Crippen LogP contribution >= 0.6 is 0 Å². The lowest BCUT2D eigenvalue weighted by Crippen LogP contribution is -2.38. The highest BCUT2D eigenvalue weighted by atomic mass is 15.3. The Morgan fingerprint density at radius 1 is 1.07 bits per heavy atom. The number of rotatable bonds is 9. The molecule has 0 unspecified atom stereocenters. The highest BCUT2D eigenvalue weighted by Gasteiger charge is 2.13. The fraction of sp³-hybridized carbons (Fsp3) is 0.435. The topological polar surface area (TPSA) is 72.1 Å². The number of nitrogens with one attached hydrogen (secondary N) is 2. The maximum absolute atomic E-state index is 4.82. The molecule has 3 rings (SSSR count). The number of aromatic nitrogens is 4. The molecule has 1 aromatic carbocycles. The van der Waals surface area contributed by atoms with E-state index < -0.39 is 0 Å². The van der Waals surface area contributed by atoms with E-state index >= 15 is 0 Å².